The minimum Gasteiger partial charge on any atom is -0.375 e. The van der Waals surface area contributed by atoms with E-state index in [4.69, 9.17) is 4.74 Å². The fraction of sp³-hybridized carbons (Fsp3) is 0.455. The molecule has 0 spiro atoms. The van der Waals surface area contributed by atoms with Gasteiger partial charge in [-0.1, -0.05) is 6.07 Å². The molecular weight excluding hydrogens is 403 g/mol. The van der Waals surface area contributed by atoms with E-state index in [1.165, 1.54) is 25.3 Å². The lowest BCUT2D eigenvalue weighted by Gasteiger charge is -2.36. The lowest BCUT2D eigenvalue weighted by Crippen LogP contribution is -2.43. The quantitative estimate of drug-likeness (QED) is 0.801. The van der Waals surface area contributed by atoms with E-state index in [1.807, 2.05) is 0 Å². The number of piperidine rings is 1. The lowest BCUT2D eigenvalue weighted by molar-refractivity contribution is -0.136. The fourth-order valence-corrected chi connectivity index (χ4v) is 4.28. The van der Waals surface area contributed by atoms with E-state index in [2.05, 4.69) is 9.97 Å². The second kappa shape index (κ2) is 8.97. The third-order valence-corrected chi connectivity index (χ3v) is 5.86. The number of halogens is 1. The highest BCUT2D eigenvalue weighted by Gasteiger charge is 2.32. The summed E-state index contributed by atoms with van der Waals surface area (Å²) in [5, 5.41) is 0. The van der Waals surface area contributed by atoms with Gasteiger partial charge in [0.2, 0.25) is 5.91 Å². The van der Waals surface area contributed by atoms with Gasteiger partial charge in [-0.15, -0.1) is 0 Å². The molecule has 0 saturated carbocycles. The predicted octanol–water partition coefficient (Wildman–Crippen LogP) is 1.81. The fourth-order valence-electron chi connectivity index (χ4n) is 4.28. The number of ether oxygens (including phenoxy) is 1. The van der Waals surface area contributed by atoms with Gasteiger partial charge in [0, 0.05) is 32.2 Å². The molecule has 1 aromatic heterocycles. The number of carbonyl (C=O) groups excluding carboxylic acids is 2. The van der Waals surface area contributed by atoms with Crippen LogP contribution < -0.4 is 5.56 Å². The largest absolute Gasteiger partial charge is 0.375 e. The summed E-state index contributed by atoms with van der Waals surface area (Å²) < 4.78 is 18.5. The number of amides is 2. The number of benzene rings is 1. The molecule has 2 amide bonds. The first-order valence-electron chi connectivity index (χ1n) is 10.4. The van der Waals surface area contributed by atoms with E-state index in [0.29, 0.717) is 43.0 Å². The Bertz CT molecular complexity index is 1050. The molecule has 2 aliphatic heterocycles. The highest BCUT2D eigenvalue weighted by Crippen LogP contribution is 2.30. The molecule has 0 aliphatic carbocycles. The molecule has 1 fully saturated rings. The summed E-state index contributed by atoms with van der Waals surface area (Å²) in [6.45, 7) is 1.14. The number of hydrogen-bond acceptors (Lipinski definition) is 5. The Morgan fingerprint density at radius 3 is 2.90 bits per heavy atom. The number of aromatic nitrogens is 2. The average Bonchev–Trinajstić information content (AvgIpc) is 2.78. The molecule has 1 N–H and O–H groups in total. The zero-order valence-electron chi connectivity index (χ0n) is 17.4. The first-order valence-corrected chi connectivity index (χ1v) is 10.4. The summed E-state index contributed by atoms with van der Waals surface area (Å²) in [6, 6.07) is 5.25. The minimum atomic E-state index is -0.465. The Kier molecular flexibility index (Phi) is 6.13. The number of methoxy groups -OCH3 is 1. The maximum absolute atomic E-state index is 13.6. The number of carbonyl (C=O) groups is 2. The van der Waals surface area contributed by atoms with Crippen LogP contribution >= 0.6 is 0 Å². The van der Waals surface area contributed by atoms with Gasteiger partial charge in [0.05, 0.1) is 23.8 Å². The molecule has 8 nitrogen and oxygen atoms in total. The topological polar surface area (TPSA) is 95.6 Å². The van der Waals surface area contributed by atoms with Crippen LogP contribution in [0.4, 0.5) is 4.39 Å². The van der Waals surface area contributed by atoms with E-state index in [9.17, 15) is 18.8 Å². The number of nitrogens with one attached hydrogen (secondary N) is 1. The summed E-state index contributed by atoms with van der Waals surface area (Å²) in [4.78, 5) is 48.8. The van der Waals surface area contributed by atoms with Crippen molar-refractivity contribution in [1.29, 1.82) is 0 Å². The molecule has 9 heteroatoms. The number of aromatic amines is 1. The van der Waals surface area contributed by atoms with Crippen molar-refractivity contribution in [1.82, 2.24) is 19.8 Å². The number of hydrogen-bond donors (Lipinski definition) is 1. The smallest absolute Gasteiger partial charge is 0.256 e. The summed E-state index contributed by atoms with van der Waals surface area (Å²) in [5.74, 6) is -0.464. The maximum Gasteiger partial charge on any atom is 0.256 e. The molecule has 31 heavy (non-hydrogen) atoms. The van der Waals surface area contributed by atoms with Gasteiger partial charge in [-0.2, -0.15) is 0 Å². The Morgan fingerprint density at radius 2 is 2.13 bits per heavy atom. The average molecular weight is 428 g/mol. The van der Waals surface area contributed by atoms with E-state index < -0.39 is 5.82 Å². The molecule has 2 aliphatic rings. The number of nitrogens with zero attached hydrogens (tertiary/aromatic N) is 3. The molecule has 1 saturated heterocycles. The first-order chi connectivity index (χ1) is 15.0. The van der Waals surface area contributed by atoms with E-state index in [-0.39, 0.29) is 42.1 Å². The van der Waals surface area contributed by atoms with Crippen molar-refractivity contribution in [2.24, 2.45) is 0 Å². The van der Waals surface area contributed by atoms with Crippen LogP contribution in [0.15, 0.2) is 29.1 Å². The van der Waals surface area contributed by atoms with Crippen molar-refractivity contribution in [3.8, 4) is 0 Å². The Hall–Kier alpha value is -3.07. The number of rotatable bonds is 4. The van der Waals surface area contributed by atoms with Gasteiger partial charge < -0.3 is 19.5 Å². The van der Waals surface area contributed by atoms with Crippen LogP contribution in [0.5, 0.6) is 0 Å². The van der Waals surface area contributed by atoms with Crippen LogP contribution in [0.1, 0.15) is 52.7 Å². The first kappa shape index (κ1) is 21.2. The van der Waals surface area contributed by atoms with Crippen molar-refractivity contribution in [3.05, 3.63) is 63.1 Å². The molecular formula is C22H25FN4O4. The van der Waals surface area contributed by atoms with Crippen molar-refractivity contribution >= 4 is 11.8 Å². The molecule has 0 unspecified atom stereocenters. The van der Waals surface area contributed by atoms with Gasteiger partial charge in [0.15, 0.2) is 0 Å². The van der Waals surface area contributed by atoms with E-state index in [1.54, 1.807) is 15.9 Å². The van der Waals surface area contributed by atoms with Crippen LogP contribution in [-0.2, 0) is 22.5 Å². The van der Waals surface area contributed by atoms with Gasteiger partial charge >= 0.3 is 0 Å². The zero-order valence-corrected chi connectivity index (χ0v) is 17.4. The van der Waals surface area contributed by atoms with Crippen LogP contribution in [0.2, 0.25) is 0 Å². The van der Waals surface area contributed by atoms with E-state index in [0.717, 1.165) is 12.8 Å². The molecule has 164 valence electrons. The van der Waals surface area contributed by atoms with Gasteiger partial charge in [-0.05, 0) is 37.5 Å². The van der Waals surface area contributed by atoms with Crippen molar-refractivity contribution in [2.45, 2.75) is 38.3 Å². The summed E-state index contributed by atoms with van der Waals surface area (Å²) in [5.41, 5.74) is 1.11. The molecule has 2 aromatic rings. The second-order valence-corrected chi connectivity index (χ2v) is 7.90. The van der Waals surface area contributed by atoms with Crippen LogP contribution in [0.3, 0.4) is 0 Å². The Labute approximate surface area is 179 Å². The number of fused-ring (bicyclic) bond motifs is 1. The normalized spacial score (nSPS) is 18.6. The predicted molar refractivity (Wildman–Crippen MR) is 110 cm³/mol. The molecule has 3 heterocycles. The molecule has 0 bridgehead atoms. The molecule has 0 radical (unpaired) electrons. The van der Waals surface area contributed by atoms with Crippen molar-refractivity contribution < 1.29 is 18.7 Å². The standard InChI is InChI=1S/C22H25FN4O4/c1-31-13-19(28)26-10-8-17-16(12-26)21(29)25-20(24-17)18-7-2-3-9-27(18)22(30)14-5-4-6-15(23)11-14/h4-6,11,18H,2-3,7-10,12-13H2,1H3,(H,24,25,29)/t18-/m0/s1. The molecule has 1 atom stereocenters. The molecule has 4 rings (SSSR count). The van der Waals surface area contributed by atoms with Gasteiger partial charge in [0.1, 0.15) is 18.2 Å². The van der Waals surface area contributed by atoms with Gasteiger partial charge in [0.25, 0.3) is 11.5 Å². The van der Waals surface area contributed by atoms with Crippen LogP contribution in [0, 0.1) is 5.82 Å². The van der Waals surface area contributed by atoms with E-state index >= 15 is 0 Å². The third kappa shape index (κ3) is 4.36. The van der Waals surface area contributed by atoms with Crippen molar-refractivity contribution in [3.63, 3.8) is 0 Å². The third-order valence-electron chi connectivity index (χ3n) is 5.86. The lowest BCUT2D eigenvalue weighted by atomic mass is 9.99. The Balaban J connectivity index is 1.61. The van der Waals surface area contributed by atoms with Crippen molar-refractivity contribution in [2.75, 3.05) is 26.8 Å². The summed E-state index contributed by atoms with van der Waals surface area (Å²) >= 11 is 0. The summed E-state index contributed by atoms with van der Waals surface area (Å²) in [6.07, 6.45) is 2.87. The van der Waals surface area contributed by atoms with Gasteiger partial charge in [-0.25, -0.2) is 9.37 Å². The minimum absolute atomic E-state index is 0.0298. The highest BCUT2D eigenvalue weighted by molar-refractivity contribution is 5.94. The number of H-pyrrole nitrogens is 1. The molecule has 1 aromatic carbocycles. The highest BCUT2D eigenvalue weighted by atomic mass is 19.1. The Morgan fingerprint density at radius 1 is 1.29 bits per heavy atom. The van der Waals surface area contributed by atoms with Crippen LogP contribution in [-0.4, -0.2) is 58.4 Å². The van der Waals surface area contributed by atoms with Crippen LogP contribution in [0.25, 0.3) is 0 Å². The SMILES string of the molecule is COCC(=O)N1CCc2nc([C@@H]3CCCCN3C(=O)c3cccc(F)c3)[nH]c(=O)c2C1. The van der Waals surface area contributed by atoms with Gasteiger partial charge in [-0.3, -0.25) is 14.4 Å². The zero-order chi connectivity index (χ0) is 22.0. The number of likely N-dealkylation sites (tertiary alicyclic amines) is 1. The maximum atomic E-state index is 13.6. The second-order valence-electron chi connectivity index (χ2n) is 7.90. The monoisotopic (exact) mass is 428 g/mol. The summed E-state index contributed by atoms with van der Waals surface area (Å²) in [7, 11) is 1.46.